The molecular formula is C9H11N2O. The molecule has 1 aliphatic heterocycles. The average Bonchev–Trinajstić information content (AvgIpc) is 2.53. The second kappa shape index (κ2) is 3.23. The summed E-state index contributed by atoms with van der Waals surface area (Å²) in [7, 11) is 0. The van der Waals surface area contributed by atoms with Gasteiger partial charge < -0.3 is 5.21 Å². The molecule has 1 aliphatic rings. The topological polar surface area (TPSA) is 41.6 Å². The second-order valence-corrected chi connectivity index (χ2v) is 2.97. The molecule has 2 atom stereocenters. The summed E-state index contributed by atoms with van der Waals surface area (Å²) in [5, 5.41) is 11.3. The van der Waals surface area contributed by atoms with Crippen LogP contribution in [0.4, 0.5) is 0 Å². The molecule has 2 rings (SSSR count). The molecule has 1 aromatic rings. The lowest BCUT2D eigenvalue weighted by Crippen LogP contribution is -3.08. The lowest BCUT2D eigenvalue weighted by Gasteiger charge is -2.20. The molecule has 1 aromatic carbocycles. The van der Waals surface area contributed by atoms with Gasteiger partial charge in [0, 0.05) is 12.0 Å². The van der Waals surface area contributed by atoms with Crippen LogP contribution in [0.15, 0.2) is 30.3 Å². The Morgan fingerprint density at radius 1 is 1.33 bits per heavy atom. The van der Waals surface area contributed by atoms with Gasteiger partial charge in [0.2, 0.25) is 0 Å². The molecule has 3 nitrogen and oxygen atoms in total. The summed E-state index contributed by atoms with van der Waals surface area (Å²) in [6.07, 6.45) is 0.878. The van der Waals surface area contributed by atoms with E-state index in [0.717, 1.165) is 12.0 Å². The van der Waals surface area contributed by atoms with E-state index < -0.39 is 0 Å². The first-order valence-corrected chi connectivity index (χ1v) is 4.14. The molecule has 63 valence electrons. The normalized spacial score (nSPS) is 29.1. The predicted octanol–water partition coefficient (Wildman–Crippen LogP) is 0.0335. The third-order valence-electron chi connectivity index (χ3n) is 2.19. The van der Waals surface area contributed by atoms with Crippen molar-refractivity contribution in [2.75, 3.05) is 6.54 Å². The van der Waals surface area contributed by atoms with Crippen molar-refractivity contribution < 1.29 is 5.17 Å². The number of quaternary nitrogens is 1. The molecule has 12 heavy (non-hydrogen) atoms. The summed E-state index contributed by atoms with van der Waals surface area (Å²) in [5.41, 5.74) is 4.96. The number of rotatable bonds is 1. The third kappa shape index (κ3) is 1.34. The van der Waals surface area contributed by atoms with Crippen molar-refractivity contribution in [2.45, 2.75) is 12.5 Å². The first kappa shape index (κ1) is 7.73. The van der Waals surface area contributed by atoms with Gasteiger partial charge in [-0.2, -0.15) is 0 Å². The Kier molecular flexibility index (Phi) is 2.08. The van der Waals surface area contributed by atoms with Gasteiger partial charge in [-0.1, -0.05) is 30.3 Å². The van der Waals surface area contributed by atoms with Crippen LogP contribution in [0.1, 0.15) is 18.0 Å². The van der Waals surface area contributed by atoms with Gasteiger partial charge in [-0.05, 0) is 5.43 Å². The van der Waals surface area contributed by atoms with Crippen LogP contribution >= 0.6 is 0 Å². The maximum atomic E-state index is 11.2. The van der Waals surface area contributed by atoms with Crippen LogP contribution in [0.3, 0.4) is 0 Å². The highest BCUT2D eigenvalue weighted by Crippen LogP contribution is 2.14. The molecule has 0 amide bonds. The van der Waals surface area contributed by atoms with Gasteiger partial charge in [-0.25, -0.2) is 0 Å². The summed E-state index contributed by atoms with van der Waals surface area (Å²) >= 11 is 0. The van der Waals surface area contributed by atoms with Crippen molar-refractivity contribution in [1.82, 2.24) is 5.43 Å². The van der Waals surface area contributed by atoms with E-state index in [2.05, 4.69) is 5.43 Å². The number of benzene rings is 1. The van der Waals surface area contributed by atoms with Crippen molar-refractivity contribution in [3.63, 3.8) is 0 Å². The van der Waals surface area contributed by atoms with E-state index in [-0.39, 0.29) is 11.2 Å². The lowest BCUT2D eigenvalue weighted by molar-refractivity contribution is -0.916. The summed E-state index contributed by atoms with van der Waals surface area (Å²) in [5.74, 6) is 0. The highest BCUT2D eigenvalue weighted by molar-refractivity contribution is 5.17. The van der Waals surface area contributed by atoms with Gasteiger partial charge in [-0.3, -0.25) is 5.17 Å². The summed E-state index contributed by atoms with van der Waals surface area (Å²) < 4.78 is 0. The second-order valence-electron chi connectivity index (χ2n) is 2.97. The molecule has 1 heterocycles. The zero-order valence-electron chi connectivity index (χ0n) is 6.73. The van der Waals surface area contributed by atoms with Crippen LogP contribution in [0.2, 0.25) is 0 Å². The largest absolute Gasteiger partial charge is 0.611 e. The number of nitrogens with zero attached hydrogens (tertiary/aromatic N) is 1. The molecule has 1 N–H and O–H groups in total. The Morgan fingerprint density at radius 3 is 2.67 bits per heavy atom. The number of hydroxylamine groups is 1. The quantitative estimate of drug-likeness (QED) is 0.583. The van der Waals surface area contributed by atoms with E-state index in [4.69, 9.17) is 0 Å². The van der Waals surface area contributed by atoms with Crippen LogP contribution in [-0.4, -0.2) is 6.54 Å². The number of nitrogens with one attached hydrogen (secondary N) is 1. The summed E-state index contributed by atoms with van der Waals surface area (Å²) in [4.78, 5) is 0. The van der Waals surface area contributed by atoms with Gasteiger partial charge in [0.15, 0.2) is 0 Å². The fourth-order valence-corrected chi connectivity index (χ4v) is 1.53. The van der Waals surface area contributed by atoms with Crippen molar-refractivity contribution in [2.24, 2.45) is 0 Å². The lowest BCUT2D eigenvalue weighted by atomic mass is 10.1. The fourth-order valence-electron chi connectivity index (χ4n) is 1.53. The van der Waals surface area contributed by atoms with E-state index in [1.807, 2.05) is 30.3 Å². The minimum atomic E-state index is 0.0335. The van der Waals surface area contributed by atoms with Gasteiger partial charge in [0.05, 0.1) is 6.54 Å². The van der Waals surface area contributed by atoms with Crippen molar-refractivity contribution in [3.05, 3.63) is 41.1 Å². The molecule has 0 saturated carbocycles. The molecule has 0 aliphatic carbocycles. The van der Waals surface area contributed by atoms with Crippen molar-refractivity contribution >= 4 is 0 Å². The minimum absolute atomic E-state index is 0.0335. The summed E-state index contributed by atoms with van der Waals surface area (Å²) in [6, 6.07) is 9.89. The van der Waals surface area contributed by atoms with Crippen molar-refractivity contribution in [1.29, 1.82) is 0 Å². The zero-order valence-corrected chi connectivity index (χ0v) is 6.73. The maximum Gasteiger partial charge on any atom is 0.133 e. The Hall–Kier alpha value is -0.900. The smallest absolute Gasteiger partial charge is 0.133 e. The third-order valence-corrected chi connectivity index (χ3v) is 2.19. The minimum Gasteiger partial charge on any atom is -0.611 e. The van der Waals surface area contributed by atoms with Gasteiger partial charge >= 0.3 is 0 Å². The van der Waals surface area contributed by atoms with Gasteiger partial charge in [0.1, 0.15) is 6.04 Å². The molecule has 1 radical (unpaired) electrons. The maximum absolute atomic E-state index is 11.2. The Morgan fingerprint density at radius 2 is 2.08 bits per heavy atom. The molecule has 1 fully saturated rings. The molecule has 0 bridgehead atoms. The highest BCUT2D eigenvalue weighted by Gasteiger charge is 2.25. The molecule has 1 saturated heterocycles. The van der Waals surface area contributed by atoms with Gasteiger partial charge in [-0.15, -0.1) is 0 Å². The van der Waals surface area contributed by atoms with Crippen molar-refractivity contribution in [3.8, 4) is 0 Å². The predicted molar refractivity (Wildman–Crippen MR) is 45.1 cm³/mol. The van der Waals surface area contributed by atoms with Crippen LogP contribution in [0.25, 0.3) is 0 Å². The van der Waals surface area contributed by atoms with Crippen LogP contribution in [0.5, 0.6) is 0 Å². The van der Waals surface area contributed by atoms with Gasteiger partial charge in [0.25, 0.3) is 0 Å². The first-order valence-electron chi connectivity index (χ1n) is 4.14. The van der Waals surface area contributed by atoms with Crippen LogP contribution in [-0.2, 0) is 0 Å². The Labute approximate surface area is 71.5 Å². The summed E-state index contributed by atoms with van der Waals surface area (Å²) in [6.45, 7) is 0.693. The molecule has 2 unspecified atom stereocenters. The molecular weight excluding hydrogens is 152 g/mol. The SMILES string of the molecule is [O-][NH+]1[N]CCC1c1ccccc1. The first-order chi connectivity index (χ1) is 5.88. The molecule has 0 spiro atoms. The molecule has 0 aromatic heterocycles. The van der Waals surface area contributed by atoms with E-state index in [1.165, 1.54) is 0 Å². The van der Waals surface area contributed by atoms with E-state index in [1.54, 1.807) is 0 Å². The fraction of sp³-hybridized carbons (Fsp3) is 0.333. The highest BCUT2D eigenvalue weighted by atomic mass is 16.5. The number of hydrogen-bond acceptors (Lipinski definition) is 1. The van der Waals surface area contributed by atoms with E-state index in [0.29, 0.717) is 6.54 Å². The van der Waals surface area contributed by atoms with Crippen LogP contribution in [0, 0.1) is 5.21 Å². The van der Waals surface area contributed by atoms with Crippen LogP contribution < -0.4 is 10.6 Å². The van der Waals surface area contributed by atoms with E-state index >= 15 is 0 Å². The Balaban J connectivity index is 2.19. The number of hydrogen-bond donors (Lipinski definition) is 1. The van der Waals surface area contributed by atoms with E-state index in [9.17, 15) is 5.21 Å². The average molecular weight is 163 g/mol. The monoisotopic (exact) mass is 163 g/mol. The Bertz CT molecular complexity index is 250. The standard InChI is InChI=1S/C9H11N2O/c12-11-9(6-7-10-11)8-4-2-1-3-5-8/h1-5,9,11H,6-7H2. The zero-order chi connectivity index (χ0) is 8.39. The molecule has 3 heteroatoms.